The molecule has 9 nitrogen and oxygen atoms in total. The van der Waals surface area contributed by atoms with E-state index in [1.165, 1.54) is 16.7 Å². The Hall–Kier alpha value is -3.78. The number of nitrogens with zero attached hydrogens (tertiary/aromatic N) is 4. The first kappa shape index (κ1) is 24.9. The van der Waals surface area contributed by atoms with E-state index < -0.39 is 15.8 Å². The first-order valence-corrected chi connectivity index (χ1v) is 12.1. The van der Waals surface area contributed by atoms with Gasteiger partial charge in [-0.15, -0.1) is 0 Å². The number of anilines is 1. The maximum absolute atomic E-state index is 13.7. The van der Waals surface area contributed by atoms with Crippen molar-refractivity contribution < 1.29 is 17.5 Å². The van der Waals surface area contributed by atoms with Crippen LogP contribution in [0.4, 0.5) is 10.2 Å². The zero-order valence-corrected chi connectivity index (χ0v) is 20.0. The molecule has 0 unspecified atom stereocenters. The standard InChI is InChI=1S/C23H24FN5O4S/c1-5-6-7-34(31,32)28-20-11-19(17-8-15(3)22(30)29(4)13-17)26-23(27-20)33-21-14(2)9-18(24)10-16(21)12-25/h8-11,13H,5-7H2,1-4H3,(H,26,27,28). The van der Waals surface area contributed by atoms with Crippen LogP contribution < -0.4 is 15.0 Å². The molecule has 2 aromatic heterocycles. The molecule has 1 aromatic carbocycles. The van der Waals surface area contributed by atoms with E-state index in [0.29, 0.717) is 29.5 Å². The van der Waals surface area contributed by atoms with E-state index >= 15 is 0 Å². The lowest BCUT2D eigenvalue weighted by atomic mass is 10.1. The van der Waals surface area contributed by atoms with Crippen molar-refractivity contribution in [1.29, 1.82) is 5.26 Å². The topological polar surface area (TPSA) is 127 Å². The number of aryl methyl sites for hydroxylation is 3. The number of benzene rings is 1. The van der Waals surface area contributed by atoms with Crippen molar-refractivity contribution in [2.45, 2.75) is 33.6 Å². The second-order valence-corrected chi connectivity index (χ2v) is 9.68. The van der Waals surface area contributed by atoms with Crippen LogP contribution in [0.3, 0.4) is 0 Å². The molecule has 2 heterocycles. The monoisotopic (exact) mass is 485 g/mol. The van der Waals surface area contributed by atoms with Gasteiger partial charge in [0, 0.05) is 30.4 Å². The molecule has 0 saturated heterocycles. The van der Waals surface area contributed by atoms with Crippen molar-refractivity contribution in [3.8, 4) is 29.1 Å². The number of rotatable bonds is 8. The summed E-state index contributed by atoms with van der Waals surface area (Å²) in [7, 11) is -2.10. The molecule has 0 atom stereocenters. The molecule has 0 aliphatic heterocycles. The van der Waals surface area contributed by atoms with Crippen LogP contribution in [0.1, 0.15) is 36.5 Å². The smallest absolute Gasteiger partial charge is 0.324 e. The largest absolute Gasteiger partial charge is 0.423 e. The lowest BCUT2D eigenvalue weighted by Crippen LogP contribution is -2.19. The summed E-state index contributed by atoms with van der Waals surface area (Å²) in [5.74, 6) is -0.673. The zero-order valence-electron chi connectivity index (χ0n) is 19.2. The Morgan fingerprint density at radius 2 is 1.91 bits per heavy atom. The number of aromatic nitrogens is 3. The highest BCUT2D eigenvalue weighted by Crippen LogP contribution is 2.30. The van der Waals surface area contributed by atoms with Gasteiger partial charge in [-0.3, -0.25) is 9.52 Å². The molecule has 11 heteroatoms. The van der Waals surface area contributed by atoms with Crippen LogP contribution in [0.15, 0.2) is 35.3 Å². The lowest BCUT2D eigenvalue weighted by molar-refractivity contribution is 0.437. The number of hydrogen-bond donors (Lipinski definition) is 1. The molecule has 0 spiro atoms. The number of halogens is 1. The van der Waals surface area contributed by atoms with E-state index in [9.17, 15) is 22.9 Å². The Morgan fingerprint density at radius 3 is 2.56 bits per heavy atom. The molecule has 0 amide bonds. The molecule has 0 bridgehead atoms. The summed E-state index contributed by atoms with van der Waals surface area (Å²) in [5.41, 5.74) is 1.37. The minimum Gasteiger partial charge on any atom is -0.423 e. The molecule has 178 valence electrons. The van der Waals surface area contributed by atoms with Crippen LogP contribution in [-0.2, 0) is 17.1 Å². The van der Waals surface area contributed by atoms with Gasteiger partial charge >= 0.3 is 6.01 Å². The molecular formula is C23H24FN5O4S. The van der Waals surface area contributed by atoms with Crippen LogP contribution >= 0.6 is 0 Å². The molecule has 34 heavy (non-hydrogen) atoms. The normalized spacial score (nSPS) is 11.2. The maximum atomic E-state index is 13.7. The highest BCUT2D eigenvalue weighted by molar-refractivity contribution is 7.92. The van der Waals surface area contributed by atoms with E-state index in [2.05, 4.69) is 14.7 Å². The van der Waals surface area contributed by atoms with E-state index in [0.717, 1.165) is 6.07 Å². The second-order valence-electron chi connectivity index (χ2n) is 7.84. The fraction of sp³-hybridized carbons (Fsp3) is 0.304. The summed E-state index contributed by atoms with van der Waals surface area (Å²) in [6.45, 7) is 5.09. The number of sulfonamides is 1. The molecule has 0 fully saturated rings. The first-order chi connectivity index (χ1) is 16.0. The highest BCUT2D eigenvalue weighted by Gasteiger charge is 2.18. The summed E-state index contributed by atoms with van der Waals surface area (Å²) in [5, 5.41) is 9.39. The van der Waals surface area contributed by atoms with Crippen LogP contribution in [0, 0.1) is 31.0 Å². The minimum atomic E-state index is -3.69. The summed E-state index contributed by atoms with van der Waals surface area (Å²) >= 11 is 0. The van der Waals surface area contributed by atoms with Crippen molar-refractivity contribution in [1.82, 2.24) is 14.5 Å². The van der Waals surface area contributed by atoms with Crippen LogP contribution in [0.5, 0.6) is 11.8 Å². The van der Waals surface area contributed by atoms with Gasteiger partial charge in [0.15, 0.2) is 5.75 Å². The van der Waals surface area contributed by atoms with Gasteiger partial charge in [0.05, 0.1) is 17.0 Å². The highest BCUT2D eigenvalue weighted by atomic mass is 32.2. The van der Waals surface area contributed by atoms with Gasteiger partial charge in [-0.05, 0) is 44.0 Å². The third-order valence-corrected chi connectivity index (χ3v) is 6.29. The number of nitrogens with one attached hydrogen (secondary N) is 1. The Kier molecular flexibility index (Phi) is 7.32. The molecule has 0 saturated carbocycles. The van der Waals surface area contributed by atoms with Gasteiger partial charge in [0.1, 0.15) is 17.7 Å². The molecule has 0 aliphatic rings. The van der Waals surface area contributed by atoms with Crippen LogP contribution in [0.25, 0.3) is 11.3 Å². The zero-order chi connectivity index (χ0) is 25.0. The average Bonchev–Trinajstić information content (AvgIpc) is 2.76. The molecule has 3 aromatic rings. The van der Waals surface area contributed by atoms with Gasteiger partial charge in [-0.1, -0.05) is 13.3 Å². The summed E-state index contributed by atoms with van der Waals surface area (Å²) < 4.78 is 48.3. The van der Waals surface area contributed by atoms with Gasteiger partial charge in [0.25, 0.3) is 5.56 Å². The lowest BCUT2D eigenvalue weighted by Gasteiger charge is -2.13. The number of hydrogen-bond acceptors (Lipinski definition) is 7. The Labute approximate surface area is 196 Å². The molecule has 3 rings (SSSR count). The van der Waals surface area contributed by atoms with E-state index in [-0.39, 0.29) is 40.1 Å². The Bertz CT molecular complexity index is 1420. The van der Waals surface area contributed by atoms with Gasteiger partial charge < -0.3 is 9.30 Å². The summed E-state index contributed by atoms with van der Waals surface area (Å²) in [6.07, 6.45) is 2.72. The van der Waals surface area contributed by atoms with Crippen molar-refractivity contribution >= 4 is 15.8 Å². The fourth-order valence-electron chi connectivity index (χ4n) is 3.27. The summed E-state index contributed by atoms with van der Waals surface area (Å²) in [6, 6.07) is 6.90. The minimum absolute atomic E-state index is 0.0409. The molecule has 0 aliphatic carbocycles. The van der Waals surface area contributed by atoms with Crippen LogP contribution in [0.2, 0.25) is 0 Å². The van der Waals surface area contributed by atoms with Crippen molar-refractivity contribution in [2.75, 3.05) is 10.5 Å². The average molecular weight is 486 g/mol. The number of nitriles is 1. The Balaban J connectivity index is 2.14. The van der Waals surface area contributed by atoms with Gasteiger partial charge in [-0.2, -0.15) is 15.2 Å². The number of unbranched alkanes of at least 4 members (excludes halogenated alkanes) is 1. The first-order valence-electron chi connectivity index (χ1n) is 10.5. The van der Waals surface area contributed by atoms with E-state index in [1.54, 1.807) is 33.2 Å². The fourth-order valence-corrected chi connectivity index (χ4v) is 4.47. The van der Waals surface area contributed by atoms with Gasteiger partial charge in [-0.25, -0.2) is 12.8 Å². The molecule has 1 N–H and O–H groups in total. The Morgan fingerprint density at radius 1 is 1.18 bits per heavy atom. The summed E-state index contributed by atoms with van der Waals surface area (Å²) in [4.78, 5) is 20.6. The quantitative estimate of drug-likeness (QED) is 0.514. The number of pyridine rings is 1. The maximum Gasteiger partial charge on any atom is 0.324 e. The second kappa shape index (κ2) is 10.0. The van der Waals surface area contributed by atoms with Crippen molar-refractivity contribution in [3.05, 3.63) is 63.3 Å². The van der Waals surface area contributed by atoms with Gasteiger partial charge in [0.2, 0.25) is 10.0 Å². The SMILES string of the molecule is CCCCS(=O)(=O)Nc1cc(-c2cc(C)c(=O)n(C)c2)nc(Oc2c(C)cc(F)cc2C#N)n1. The predicted octanol–water partition coefficient (Wildman–Crippen LogP) is 3.80. The molecule has 0 radical (unpaired) electrons. The molecular weight excluding hydrogens is 461 g/mol. The van der Waals surface area contributed by atoms with E-state index in [4.69, 9.17) is 4.74 Å². The third kappa shape index (κ3) is 5.77. The third-order valence-electron chi connectivity index (χ3n) is 4.94. The van der Waals surface area contributed by atoms with Crippen molar-refractivity contribution in [3.63, 3.8) is 0 Å². The van der Waals surface area contributed by atoms with Crippen molar-refractivity contribution in [2.24, 2.45) is 7.05 Å². The van der Waals surface area contributed by atoms with E-state index in [1.807, 2.05) is 13.0 Å². The number of ether oxygens (including phenoxy) is 1. The predicted molar refractivity (Wildman–Crippen MR) is 126 cm³/mol. The van der Waals surface area contributed by atoms with Crippen LogP contribution in [-0.4, -0.2) is 28.7 Å².